The number of aromatic nitrogens is 1. The zero-order valence-corrected chi connectivity index (χ0v) is 8.50. The number of nitrogens with one attached hydrogen (secondary N) is 1. The quantitative estimate of drug-likeness (QED) is 0.617. The van der Waals surface area contributed by atoms with Crippen molar-refractivity contribution in [2.45, 2.75) is 19.9 Å². The van der Waals surface area contributed by atoms with Gasteiger partial charge >= 0.3 is 5.97 Å². The first-order chi connectivity index (χ1) is 7.11. The average Bonchev–Trinajstić information content (AvgIpc) is 2.19. The van der Waals surface area contributed by atoms with E-state index in [1.807, 2.05) is 0 Å². The molecule has 80 valence electrons. The molecule has 2 rings (SSSR count). The van der Waals surface area contributed by atoms with Crippen LogP contribution >= 0.6 is 0 Å². The number of carboxylic acids is 1. The smallest absolute Gasteiger partial charge is 0.338 e. The van der Waals surface area contributed by atoms with E-state index >= 15 is 0 Å². The van der Waals surface area contributed by atoms with Crippen molar-refractivity contribution in [3.8, 4) is 0 Å². The predicted molar refractivity (Wildman–Crippen MR) is 55.8 cm³/mol. The molecular formula is C10H13N3O2. The van der Waals surface area contributed by atoms with Crippen molar-refractivity contribution in [1.29, 1.82) is 0 Å². The van der Waals surface area contributed by atoms with E-state index < -0.39 is 5.97 Å². The van der Waals surface area contributed by atoms with Gasteiger partial charge in [-0.3, -0.25) is 4.98 Å². The number of fused-ring (bicyclic) bond motifs is 1. The minimum absolute atomic E-state index is 0.235. The van der Waals surface area contributed by atoms with Crippen LogP contribution in [0.2, 0.25) is 0 Å². The number of hydrogen-bond acceptors (Lipinski definition) is 4. The third-order valence-corrected chi connectivity index (χ3v) is 2.67. The molecule has 0 fully saturated rings. The fourth-order valence-electron chi connectivity index (χ4n) is 1.90. The molecule has 0 amide bonds. The summed E-state index contributed by atoms with van der Waals surface area (Å²) in [5.74, 6) is -0.962. The molecule has 0 radical (unpaired) electrons. The van der Waals surface area contributed by atoms with Gasteiger partial charge in [-0.05, 0) is 25.5 Å². The summed E-state index contributed by atoms with van der Waals surface area (Å²) < 4.78 is 0. The van der Waals surface area contributed by atoms with Crippen molar-refractivity contribution in [3.05, 3.63) is 22.5 Å². The molecule has 1 aromatic rings. The molecule has 0 saturated heterocycles. The zero-order chi connectivity index (χ0) is 11.0. The lowest BCUT2D eigenvalue weighted by Crippen LogP contribution is -2.28. The molecule has 0 unspecified atom stereocenters. The molecule has 0 aliphatic carbocycles. The number of nitrogens with two attached hydrogens (primary N) is 1. The number of hydrogen-bond donors (Lipinski definition) is 3. The Morgan fingerprint density at radius 2 is 2.33 bits per heavy atom. The molecule has 2 heterocycles. The van der Waals surface area contributed by atoms with Crippen LogP contribution in [0.5, 0.6) is 0 Å². The van der Waals surface area contributed by atoms with Gasteiger partial charge in [0.25, 0.3) is 0 Å². The van der Waals surface area contributed by atoms with E-state index in [2.05, 4.69) is 10.3 Å². The maximum Gasteiger partial charge on any atom is 0.338 e. The van der Waals surface area contributed by atoms with Crippen molar-refractivity contribution in [2.24, 2.45) is 0 Å². The number of aromatic carboxylic acids is 1. The molecule has 1 aromatic heterocycles. The number of carboxylic acid groups (broad SMARTS) is 1. The summed E-state index contributed by atoms with van der Waals surface area (Å²) in [4.78, 5) is 15.4. The van der Waals surface area contributed by atoms with E-state index in [-0.39, 0.29) is 5.56 Å². The van der Waals surface area contributed by atoms with Crippen LogP contribution in [-0.4, -0.2) is 22.6 Å². The van der Waals surface area contributed by atoms with Gasteiger partial charge < -0.3 is 16.2 Å². The molecule has 0 aromatic carbocycles. The molecule has 5 nitrogen and oxygen atoms in total. The van der Waals surface area contributed by atoms with Crippen LogP contribution in [0.3, 0.4) is 0 Å². The minimum Gasteiger partial charge on any atom is -0.478 e. The van der Waals surface area contributed by atoms with Crippen molar-refractivity contribution in [2.75, 3.05) is 12.3 Å². The number of aryl methyl sites for hydroxylation is 1. The molecule has 0 saturated carbocycles. The second kappa shape index (κ2) is 3.51. The highest BCUT2D eigenvalue weighted by Gasteiger charge is 2.22. The fraction of sp³-hybridized carbons (Fsp3) is 0.400. The Hall–Kier alpha value is -1.62. The summed E-state index contributed by atoms with van der Waals surface area (Å²) in [5, 5.41) is 12.3. The average molecular weight is 207 g/mol. The number of carbonyl (C=O) groups is 1. The molecule has 1 aliphatic heterocycles. The summed E-state index contributed by atoms with van der Waals surface area (Å²) in [5.41, 5.74) is 8.46. The number of pyridine rings is 1. The fourth-order valence-corrected chi connectivity index (χ4v) is 1.90. The second-order valence-electron chi connectivity index (χ2n) is 3.64. The maximum atomic E-state index is 11.1. The van der Waals surface area contributed by atoms with Crippen molar-refractivity contribution < 1.29 is 9.90 Å². The van der Waals surface area contributed by atoms with Crippen LogP contribution in [0.15, 0.2) is 0 Å². The normalized spacial score (nSPS) is 14.7. The van der Waals surface area contributed by atoms with Crippen LogP contribution in [0, 0.1) is 6.92 Å². The lowest BCUT2D eigenvalue weighted by atomic mass is 9.97. The van der Waals surface area contributed by atoms with Crippen LogP contribution in [0.4, 0.5) is 5.69 Å². The van der Waals surface area contributed by atoms with Crippen molar-refractivity contribution in [3.63, 3.8) is 0 Å². The van der Waals surface area contributed by atoms with Gasteiger partial charge in [-0.25, -0.2) is 4.79 Å². The Morgan fingerprint density at radius 1 is 1.60 bits per heavy atom. The van der Waals surface area contributed by atoms with Crippen molar-refractivity contribution in [1.82, 2.24) is 10.3 Å². The Morgan fingerprint density at radius 3 is 3.00 bits per heavy atom. The summed E-state index contributed by atoms with van der Waals surface area (Å²) in [7, 11) is 0. The summed E-state index contributed by atoms with van der Waals surface area (Å²) in [6, 6.07) is 0. The van der Waals surface area contributed by atoms with Gasteiger partial charge in [-0.15, -0.1) is 0 Å². The summed E-state index contributed by atoms with van der Waals surface area (Å²) >= 11 is 0. The standard InChI is InChI=1S/C10H13N3O2/c1-5-9(11)8(10(14)15)6-2-3-12-4-7(6)13-5/h12H,2-4,11H2,1H3,(H,14,15). The topological polar surface area (TPSA) is 88.2 Å². The Balaban J connectivity index is 2.68. The monoisotopic (exact) mass is 207 g/mol. The molecule has 15 heavy (non-hydrogen) atoms. The first kappa shape index (κ1) is 9.92. The highest BCUT2D eigenvalue weighted by Crippen LogP contribution is 2.24. The largest absolute Gasteiger partial charge is 0.478 e. The highest BCUT2D eigenvalue weighted by atomic mass is 16.4. The van der Waals surface area contributed by atoms with Crippen LogP contribution in [-0.2, 0) is 13.0 Å². The van der Waals surface area contributed by atoms with E-state index in [0.29, 0.717) is 24.3 Å². The SMILES string of the molecule is Cc1nc2c(c(C(=O)O)c1N)CCNC2. The van der Waals surface area contributed by atoms with E-state index in [0.717, 1.165) is 17.8 Å². The van der Waals surface area contributed by atoms with Crippen molar-refractivity contribution >= 4 is 11.7 Å². The maximum absolute atomic E-state index is 11.1. The van der Waals surface area contributed by atoms with Gasteiger partial charge in [0.1, 0.15) is 0 Å². The number of nitrogen functional groups attached to an aromatic ring is 1. The summed E-state index contributed by atoms with van der Waals surface area (Å²) in [6.45, 7) is 3.13. The minimum atomic E-state index is -0.962. The Kier molecular flexibility index (Phi) is 2.32. The van der Waals surface area contributed by atoms with Gasteiger partial charge in [-0.2, -0.15) is 0 Å². The molecule has 0 bridgehead atoms. The lowest BCUT2D eigenvalue weighted by molar-refractivity contribution is 0.0696. The van der Waals surface area contributed by atoms with Gasteiger partial charge in [0.2, 0.25) is 0 Å². The molecule has 1 aliphatic rings. The molecule has 5 heteroatoms. The van der Waals surface area contributed by atoms with Gasteiger partial charge in [0, 0.05) is 6.54 Å². The lowest BCUT2D eigenvalue weighted by Gasteiger charge is -2.20. The summed E-state index contributed by atoms with van der Waals surface area (Å²) in [6.07, 6.45) is 0.675. The molecule has 4 N–H and O–H groups in total. The Labute approximate surface area is 87.3 Å². The molecule has 0 spiro atoms. The first-order valence-electron chi connectivity index (χ1n) is 4.83. The van der Waals surface area contributed by atoms with E-state index in [9.17, 15) is 4.79 Å². The first-order valence-corrected chi connectivity index (χ1v) is 4.83. The van der Waals surface area contributed by atoms with Gasteiger partial charge in [-0.1, -0.05) is 0 Å². The van der Waals surface area contributed by atoms with E-state index in [1.165, 1.54) is 0 Å². The third-order valence-electron chi connectivity index (χ3n) is 2.67. The van der Waals surface area contributed by atoms with Crippen LogP contribution in [0.25, 0.3) is 0 Å². The molecular weight excluding hydrogens is 194 g/mol. The third kappa shape index (κ3) is 1.55. The highest BCUT2D eigenvalue weighted by molar-refractivity contribution is 5.96. The molecule has 0 atom stereocenters. The van der Waals surface area contributed by atoms with E-state index in [4.69, 9.17) is 10.8 Å². The van der Waals surface area contributed by atoms with Gasteiger partial charge in [0.15, 0.2) is 0 Å². The predicted octanol–water partition coefficient (Wildman–Crippen LogP) is 0.316. The van der Waals surface area contributed by atoms with Crippen LogP contribution in [0.1, 0.15) is 27.3 Å². The number of nitrogens with zero attached hydrogens (tertiary/aromatic N) is 1. The number of anilines is 1. The second-order valence-corrected chi connectivity index (χ2v) is 3.64. The van der Waals surface area contributed by atoms with E-state index in [1.54, 1.807) is 6.92 Å². The zero-order valence-electron chi connectivity index (χ0n) is 8.50. The van der Waals surface area contributed by atoms with Crippen LogP contribution < -0.4 is 11.1 Å². The number of rotatable bonds is 1. The Bertz CT molecular complexity index is 429. The van der Waals surface area contributed by atoms with Gasteiger partial charge in [0.05, 0.1) is 22.6 Å².